The molecule has 184 valence electrons. The van der Waals surface area contributed by atoms with Gasteiger partial charge in [-0.2, -0.15) is 5.53 Å². The maximum Gasteiger partial charge on any atom is 0.282 e. The van der Waals surface area contributed by atoms with Gasteiger partial charge in [-0.3, -0.25) is 21.1 Å². The lowest BCUT2D eigenvalue weighted by molar-refractivity contribution is -0.187. The van der Waals surface area contributed by atoms with Crippen LogP contribution in [0.5, 0.6) is 0 Å². The molecule has 1 amide bonds. The number of nitrogens with two attached hydrogens (primary N) is 1. The second-order valence-corrected chi connectivity index (χ2v) is 7.82. The van der Waals surface area contributed by atoms with Crippen molar-refractivity contribution in [2.75, 3.05) is 12.4 Å². The van der Waals surface area contributed by atoms with Crippen molar-refractivity contribution in [3.05, 3.63) is 59.8 Å². The number of nitrogens with one attached hydrogen (secondary N) is 3. The first-order valence-electron chi connectivity index (χ1n) is 10.8. The average Bonchev–Trinajstić information content (AvgIpc) is 2.80. The molecule has 1 aromatic heterocycles. The number of carbonyl (C=O) groups excluding carboxylic acids is 1. The van der Waals surface area contributed by atoms with Gasteiger partial charge in [-0.05, 0) is 39.8 Å². The number of hydrazine groups is 2. The van der Waals surface area contributed by atoms with Crippen molar-refractivity contribution in [2.24, 2.45) is 11.0 Å². The van der Waals surface area contributed by atoms with Crippen LogP contribution in [0.15, 0.2) is 53.7 Å². The Balaban J connectivity index is 2.11. The van der Waals surface area contributed by atoms with Gasteiger partial charge in [0.2, 0.25) is 6.29 Å². The minimum atomic E-state index is -1.06. The number of carbonyl (C=O) groups is 1. The molecular weight excluding hydrogens is 438 g/mol. The molecule has 5 N–H and O–H groups in total. The molecular formula is C23H33N7O4. The number of benzene rings is 1. The Hall–Kier alpha value is -3.38. The average molecular weight is 472 g/mol. The zero-order valence-corrected chi connectivity index (χ0v) is 20.1. The summed E-state index contributed by atoms with van der Waals surface area (Å²) in [4.78, 5) is 22.5. The first kappa shape index (κ1) is 26.9. The number of amidine groups is 1. The SMILES string of the molecule is CC(C)OC(OC(C)C)C(=O)Nc1cccc(CO/N=C(\C(=N)N(C)NN)c2ccccc2)n1. The first-order chi connectivity index (χ1) is 16.2. The van der Waals surface area contributed by atoms with Crippen LogP contribution in [0.1, 0.15) is 39.0 Å². The molecule has 11 heteroatoms. The van der Waals surface area contributed by atoms with Crippen molar-refractivity contribution in [1.29, 1.82) is 5.41 Å². The maximum atomic E-state index is 12.6. The van der Waals surface area contributed by atoms with Gasteiger partial charge in [-0.1, -0.05) is 41.6 Å². The van der Waals surface area contributed by atoms with Gasteiger partial charge < -0.3 is 19.6 Å². The van der Waals surface area contributed by atoms with Gasteiger partial charge in [-0.15, -0.1) is 0 Å². The first-order valence-corrected chi connectivity index (χ1v) is 10.8. The maximum absolute atomic E-state index is 12.6. The van der Waals surface area contributed by atoms with E-state index in [1.165, 1.54) is 5.01 Å². The summed E-state index contributed by atoms with van der Waals surface area (Å²) in [6.45, 7) is 7.31. The van der Waals surface area contributed by atoms with E-state index in [1.54, 1.807) is 25.2 Å². The predicted octanol–water partition coefficient (Wildman–Crippen LogP) is 2.40. The summed E-state index contributed by atoms with van der Waals surface area (Å²) < 4.78 is 11.1. The van der Waals surface area contributed by atoms with Gasteiger partial charge >= 0.3 is 0 Å². The normalized spacial score (nSPS) is 11.7. The third-order valence-corrected chi connectivity index (χ3v) is 4.23. The van der Waals surface area contributed by atoms with Crippen LogP contribution in [-0.4, -0.2) is 53.0 Å². The number of nitrogens with zero attached hydrogens (tertiary/aromatic N) is 3. The van der Waals surface area contributed by atoms with Crippen LogP contribution in [0.4, 0.5) is 5.82 Å². The molecule has 0 unspecified atom stereocenters. The fourth-order valence-electron chi connectivity index (χ4n) is 2.68. The molecule has 0 saturated carbocycles. The molecule has 1 aromatic carbocycles. The van der Waals surface area contributed by atoms with Crippen LogP contribution < -0.4 is 16.7 Å². The monoisotopic (exact) mass is 471 g/mol. The van der Waals surface area contributed by atoms with Crippen molar-refractivity contribution >= 4 is 23.3 Å². The van der Waals surface area contributed by atoms with Gasteiger partial charge in [0, 0.05) is 12.6 Å². The van der Waals surface area contributed by atoms with Crippen LogP contribution in [0.25, 0.3) is 0 Å². The molecule has 34 heavy (non-hydrogen) atoms. The van der Waals surface area contributed by atoms with Gasteiger partial charge in [0.25, 0.3) is 5.91 Å². The fraction of sp³-hybridized carbons (Fsp3) is 0.391. The molecule has 2 rings (SSSR count). The summed E-state index contributed by atoms with van der Waals surface area (Å²) in [5.41, 5.74) is 3.87. The number of aromatic nitrogens is 1. The van der Waals surface area contributed by atoms with E-state index in [0.29, 0.717) is 17.1 Å². The zero-order valence-electron chi connectivity index (χ0n) is 20.1. The van der Waals surface area contributed by atoms with Crippen molar-refractivity contribution < 1.29 is 19.1 Å². The zero-order chi connectivity index (χ0) is 25.1. The third-order valence-electron chi connectivity index (χ3n) is 4.23. The molecule has 0 aliphatic rings. The summed E-state index contributed by atoms with van der Waals surface area (Å²) in [5, 5.41) is 16.4. The number of amides is 1. The summed E-state index contributed by atoms with van der Waals surface area (Å²) in [7, 11) is 1.59. The van der Waals surface area contributed by atoms with Gasteiger partial charge in [0.15, 0.2) is 18.2 Å². The Kier molecular flexibility index (Phi) is 10.6. The van der Waals surface area contributed by atoms with Crippen LogP contribution >= 0.6 is 0 Å². The second kappa shape index (κ2) is 13.4. The number of oxime groups is 1. The highest BCUT2D eigenvalue weighted by Crippen LogP contribution is 2.11. The minimum absolute atomic E-state index is 0.0154. The van der Waals surface area contributed by atoms with Crippen molar-refractivity contribution in [1.82, 2.24) is 15.5 Å². The Morgan fingerprint density at radius 3 is 2.32 bits per heavy atom. The molecule has 0 aliphatic carbocycles. The van der Waals surface area contributed by atoms with Crippen LogP contribution in [-0.2, 0) is 25.7 Å². The Bertz CT molecular complexity index is 957. The topological polar surface area (TPSA) is 147 Å². The van der Waals surface area contributed by atoms with E-state index in [-0.39, 0.29) is 30.4 Å². The molecule has 0 aliphatic heterocycles. The van der Waals surface area contributed by atoms with Crippen LogP contribution in [0, 0.1) is 5.41 Å². The largest absolute Gasteiger partial charge is 0.389 e. The number of anilines is 1. The Labute approximate surface area is 199 Å². The number of likely N-dealkylation sites (N-methyl/N-ethyl adjacent to an activating group) is 1. The van der Waals surface area contributed by atoms with Crippen molar-refractivity contribution in [2.45, 2.75) is 52.8 Å². The summed E-state index contributed by atoms with van der Waals surface area (Å²) in [5.74, 6) is 5.30. The molecule has 0 saturated heterocycles. The van der Waals surface area contributed by atoms with Crippen molar-refractivity contribution in [3.8, 4) is 0 Å². The van der Waals surface area contributed by atoms with Crippen molar-refractivity contribution in [3.63, 3.8) is 0 Å². The van der Waals surface area contributed by atoms with Gasteiger partial charge in [0.05, 0.1) is 17.9 Å². The molecule has 0 radical (unpaired) electrons. The lowest BCUT2D eigenvalue weighted by Gasteiger charge is -2.22. The smallest absolute Gasteiger partial charge is 0.282 e. The minimum Gasteiger partial charge on any atom is -0.389 e. The second-order valence-electron chi connectivity index (χ2n) is 7.82. The van der Waals surface area contributed by atoms with Gasteiger partial charge in [-0.25, -0.2) is 4.98 Å². The van der Waals surface area contributed by atoms with E-state index in [2.05, 4.69) is 21.0 Å². The molecule has 2 aromatic rings. The standard InChI is InChI=1S/C23H33N7O4/c1-15(2)33-23(34-16(3)4)22(31)27-19-13-9-12-18(26-19)14-32-28-20(21(24)30(5)29-25)17-10-7-6-8-11-17/h6-13,15-16,23-24,29H,14,25H2,1-5H3,(H,26,27,31)/b24-21?,28-20-. The van der Waals surface area contributed by atoms with E-state index < -0.39 is 12.2 Å². The van der Waals surface area contributed by atoms with E-state index in [9.17, 15) is 4.79 Å². The predicted molar refractivity (Wildman–Crippen MR) is 130 cm³/mol. The molecule has 0 atom stereocenters. The molecule has 0 bridgehead atoms. The highest BCUT2D eigenvalue weighted by atomic mass is 16.7. The summed E-state index contributed by atoms with van der Waals surface area (Å²) >= 11 is 0. The lowest BCUT2D eigenvalue weighted by Crippen LogP contribution is -2.46. The van der Waals surface area contributed by atoms with E-state index in [1.807, 2.05) is 58.0 Å². The molecule has 1 heterocycles. The number of hydrogen-bond acceptors (Lipinski definition) is 9. The molecule has 11 nitrogen and oxygen atoms in total. The Morgan fingerprint density at radius 1 is 1.09 bits per heavy atom. The number of rotatable bonds is 12. The van der Waals surface area contributed by atoms with E-state index >= 15 is 0 Å². The van der Waals surface area contributed by atoms with E-state index in [4.69, 9.17) is 25.6 Å². The highest BCUT2D eigenvalue weighted by Gasteiger charge is 2.23. The third kappa shape index (κ3) is 8.52. The lowest BCUT2D eigenvalue weighted by atomic mass is 10.1. The van der Waals surface area contributed by atoms with Gasteiger partial charge in [0.1, 0.15) is 5.82 Å². The quantitative estimate of drug-likeness (QED) is 0.121. The summed E-state index contributed by atoms with van der Waals surface area (Å²) in [6.07, 6.45) is -1.43. The van der Waals surface area contributed by atoms with Crippen LogP contribution in [0.3, 0.4) is 0 Å². The number of pyridine rings is 1. The number of hydrogen-bond donors (Lipinski definition) is 4. The van der Waals surface area contributed by atoms with Crippen LogP contribution in [0.2, 0.25) is 0 Å². The van der Waals surface area contributed by atoms with E-state index in [0.717, 1.165) is 0 Å². The number of ether oxygens (including phenoxy) is 2. The summed E-state index contributed by atoms with van der Waals surface area (Å²) in [6, 6.07) is 14.3. The highest BCUT2D eigenvalue weighted by molar-refractivity contribution is 6.46. The Morgan fingerprint density at radius 2 is 1.74 bits per heavy atom. The fourth-order valence-corrected chi connectivity index (χ4v) is 2.68. The molecule has 0 fully saturated rings. The molecule has 0 spiro atoms.